The van der Waals surface area contributed by atoms with Gasteiger partial charge in [-0.05, 0) is 36.4 Å². The average Bonchev–Trinajstić information content (AvgIpc) is 2.66. The maximum atomic E-state index is 13.2. The number of hydrogen-bond acceptors (Lipinski definition) is 3. The van der Waals surface area contributed by atoms with Gasteiger partial charge in [-0.2, -0.15) is 0 Å². The lowest BCUT2D eigenvalue weighted by Gasteiger charge is -2.36. The second-order valence-electron chi connectivity index (χ2n) is 6.04. The first-order valence-electron chi connectivity index (χ1n) is 8.35. The molecule has 0 atom stereocenters. The number of benzene rings is 2. The molecule has 1 fully saturated rings. The predicted octanol–water partition coefficient (Wildman–Crippen LogP) is 2.56. The van der Waals surface area contributed by atoms with Crippen molar-refractivity contribution in [1.82, 2.24) is 10.2 Å². The Morgan fingerprint density at radius 3 is 2.46 bits per heavy atom. The first kappa shape index (κ1) is 18.2. The first-order chi connectivity index (χ1) is 12.5. The van der Waals surface area contributed by atoms with Crippen LogP contribution in [0.4, 0.5) is 10.1 Å². The van der Waals surface area contributed by atoms with Gasteiger partial charge in [-0.3, -0.25) is 9.59 Å². The van der Waals surface area contributed by atoms with Crippen LogP contribution < -0.4 is 10.2 Å². The maximum Gasteiger partial charge on any atom is 0.251 e. The van der Waals surface area contributed by atoms with Crippen molar-refractivity contribution in [3.63, 3.8) is 0 Å². The van der Waals surface area contributed by atoms with Crippen LogP contribution in [0.15, 0.2) is 48.5 Å². The third-order valence-corrected chi connectivity index (χ3v) is 4.53. The largest absolute Gasteiger partial charge is 0.368 e. The number of nitrogens with one attached hydrogen (secondary N) is 1. The molecule has 2 aromatic carbocycles. The molecule has 2 aromatic rings. The molecule has 1 aliphatic rings. The summed E-state index contributed by atoms with van der Waals surface area (Å²) in [4.78, 5) is 28.2. The van der Waals surface area contributed by atoms with Gasteiger partial charge < -0.3 is 15.1 Å². The van der Waals surface area contributed by atoms with Crippen LogP contribution in [0.3, 0.4) is 0 Å². The molecule has 5 nitrogen and oxygen atoms in total. The van der Waals surface area contributed by atoms with Crippen molar-refractivity contribution in [2.75, 3.05) is 37.6 Å². The van der Waals surface area contributed by atoms with E-state index >= 15 is 0 Å². The van der Waals surface area contributed by atoms with E-state index in [4.69, 9.17) is 11.6 Å². The molecule has 0 radical (unpaired) electrons. The molecule has 0 bridgehead atoms. The van der Waals surface area contributed by atoms with Crippen LogP contribution in [0, 0.1) is 5.82 Å². The van der Waals surface area contributed by atoms with Gasteiger partial charge in [0.25, 0.3) is 5.91 Å². The van der Waals surface area contributed by atoms with Gasteiger partial charge in [0.05, 0.1) is 6.54 Å². The molecule has 3 rings (SSSR count). The molecular formula is C19H19ClFN3O2. The molecule has 26 heavy (non-hydrogen) atoms. The van der Waals surface area contributed by atoms with Crippen LogP contribution >= 0.6 is 11.6 Å². The zero-order valence-electron chi connectivity index (χ0n) is 14.1. The summed E-state index contributed by atoms with van der Waals surface area (Å²) in [7, 11) is 0. The third kappa shape index (κ3) is 4.52. The Labute approximate surface area is 156 Å². The van der Waals surface area contributed by atoms with Crippen molar-refractivity contribution < 1.29 is 14.0 Å². The molecule has 136 valence electrons. The van der Waals surface area contributed by atoms with E-state index in [0.717, 1.165) is 11.8 Å². The molecule has 0 aliphatic carbocycles. The molecule has 1 heterocycles. The minimum Gasteiger partial charge on any atom is -0.368 e. The summed E-state index contributed by atoms with van der Waals surface area (Å²) in [6, 6.07) is 13.0. The van der Waals surface area contributed by atoms with Gasteiger partial charge in [0, 0.05) is 42.5 Å². The van der Waals surface area contributed by atoms with E-state index in [2.05, 4.69) is 10.2 Å². The average molecular weight is 376 g/mol. The number of rotatable bonds is 4. The number of piperazine rings is 1. The number of nitrogens with zero attached hydrogens (tertiary/aromatic N) is 2. The van der Waals surface area contributed by atoms with Crippen LogP contribution in [-0.2, 0) is 4.79 Å². The Morgan fingerprint density at radius 2 is 1.77 bits per heavy atom. The van der Waals surface area contributed by atoms with Crippen molar-refractivity contribution in [1.29, 1.82) is 0 Å². The fourth-order valence-electron chi connectivity index (χ4n) is 2.89. The topological polar surface area (TPSA) is 52.7 Å². The van der Waals surface area contributed by atoms with E-state index in [9.17, 15) is 14.0 Å². The van der Waals surface area contributed by atoms with Crippen LogP contribution in [0.1, 0.15) is 10.4 Å². The fraction of sp³-hybridized carbons (Fsp3) is 0.263. The Kier molecular flexibility index (Phi) is 5.73. The maximum absolute atomic E-state index is 13.2. The Balaban J connectivity index is 1.48. The number of amides is 2. The van der Waals surface area contributed by atoms with Crippen molar-refractivity contribution in [3.05, 3.63) is 64.9 Å². The summed E-state index contributed by atoms with van der Waals surface area (Å²) < 4.78 is 13.2. The number of carbonyl (C=O) groups excluding carboxylic acids is 2. The smallest absolute Gasteiger partial charge is 0.251 e. The molecule has 0 unspecified atom stereocenters. The minimum atomic E-state index is -0.485. The number of halogens is 2. The van der Waals surface area contributed by atoms with Gasteiger partial charge in [0.2, 0.25) is 5.91 Å². The lowest BCUT2D eigenvalue weighted by atomic mass is 10.2. The van der Waals surface area contributed by atoms with Crippen LogP contribution in [0.2, 0.25) is 5.02 Å². The lowest BCUT2D eigenvalue weighted by molar-refractivity contribution is -0.130. The Bertz CT molecular complexity index is 807. The van der Waals surface area contributed by atoms with E-state index in [1.165, 1.54) is 18.2 Å². The highest BCUT2D eigenvalue weighted by Gasteiger charge is 2.21. The van der Waals surface area contributed by atoms with Gasteiger partial charge in [0.1, 0.15) is 5.82 Å². The molecule has 1 aliphatic heterocycles. The van der Waals surface area contributed by atoms with Crippen LogP contribution in [0.5, 0.6) is 0 Å². The lowest BCUT2D eigenvalue weighted by Crippen LogP contribution is -2.51. The molecular weight excluding hydrogens is 357 g/mol. The van der Waals surface area contributed by atoms with Crippen LogP contribution in [0.25, 0.3) is 0 Å². The van der Waals surface area contributed by atoms with Gasteiger partial charge in [0.15, 0.2) is 0 Å². The van der Waals surface area contributed by atoms with Crippen molar-refractivity contribution in [3.8, 4) is 0 Å². The summed E-state index contributed by atoms with van der Waals surface area (Å²) in [5.74, 6) is -1.10. The second-order valence-corrected chi connectivity index (χ2v) is 6.48. The molecule has 1 N–H and O–H groups in total. The third-order valence-electron chi connectivity index (χ3n) is 4.29. The molecule has 0 saturated carbocycles. The van der Waals surface area contributed by atoms with E-state index < -0.39 is 11.7 Å². The number of hydrogen-bond donors (Lipinski definition) is 1. The molecule has 2 amide bonds. The standard InChI is InChI=1S/C19H19ClFN3O2/c20-15-4-2-6-17(12-15)23-7-9-24(10-8-23)18(25)13-22-19(26)14-3-1-5-16(21)11-14/h1-6,11-12H,7-10,13H2,(H,22,26). The highest BCUT2D eigenvalue weighted by Crippen LogP contribution is 2.20. The highest BCUT2D eigenvalue weighted by atomic mass is 35.5. The minimum absolute atomic E-state index is 0.105. The monoisotopic (exact) mass is 375 g/mol. The number of anilines is 1. The zero-order chi connectivity index (χ0) is 18.5. The molecule has 0 aromatic heterocycles. The quantitative estimate of drug-likeness (QED) is 0.893. The molecule has 0 spiro atoms. The van der Waals surface area contributed by atoms with E-state index in [1.807, 2.05) is 24.3 Å². The van der Waals surface area contributed by atoms with Gasteiger partial charge in [-0.25, -0.2) is 4.39 Å². The second kappa shape index (κ2) is 8.19. The molecule has 1 saturated heterocycles. The van der Waals surface area contributed by atoms with Crippen LogP contribution in [-0.4, -0.2) is 49.4 Å². The Hall–Kier alpha value is -2.60. The van der Waals surface area contributed by atoms with E-state index in [1.54, 1.807) is 4.90 Å². The summed E-state index contributed by atoms with van der Waals surface area (Å²) in [5, 5.41) is 3.23. The van der Waals surface area contributed by atoms with E-state index in [-0.39, 0.29) is 18.0 Å². The summed E-state index contributed by atoms with van der Waals surface area (Å²) in [6.45, 7) is 2.43. The van der Waals surface area contributed by atoms with Crippen molar-refractivity contribution in [2.45, 2.75) is 0 Å². The molecule has 7 heteroatoms. The highest BCUT2D eigenvalue weighted by molar-refractivity contribution is 6.30. The van der Waals surface area contributed by atoms with Crippen molar-refractivity contribution >= 4 is 29.1 Å². The van der Waals surface area contributed by atoms with Gasteiger partial charge >= 0.3 is 0 Å². The van der Waals surface area contributed by atoms with Crippen molar-refractivity contribution in [2.24, 2.45) is 0 Å². The summed E-state index contributed by atoms with van der Waals surface area (Å²) in [5.41, 5.74) is 1.23. The zero-order valence-corrected chi connectivity index (χ0v) is 14.9. The number of carbonyl (C=O) groups is 2. The normalized spacial score (nSPS) is 14.2. The summed E-state index contributed by atoms with van der Waals surface area (Å²) in [6.07, 6.45) is 0. The Morgan fingerprint density at radius 1 is 1.04 bits per heavy atom. The SMILES string of the molecule is O=C(NCC(=O)N1CCN(c2cccc(Cl)c2)CC1)c1cccc(F)c1. The fourth-order valence-corrected chi connectivity index (χ4v) is 3.07. The first-order valence-corrected chi connectivity index (χ1v) is 8.73. The van der Waals surface area contributed by atoms with Gasteiger partial charge in [-0.1, -0.05) is 23.7 Å². The van der Waals surface area contributed by atoms with E-state index in [0.29, 0.717) is 31.2 Å². The summed E-state index contributed by atoms with van der Waals surface area (Å²) >= 11 is 6.02. The predicted molar refractivity (Wildman–Crippen MR) is 99.0 cm³/mol. The van der Waals surface area contributed by atoms with Gasteiger partial charge in [-0.15, -0.1) is 0 Å².